The second-order valence-corrected chi connectivity index (χ2v) is 7.45. The average molecular weight is 320 g/mol. The Morgan fingerprint density at radius 1 is 1.14 bits per heavy atom. The number of nitrogens with one attached hydrogen (secondary N) is 2. The van der Waals surface area contributed by atoms with Gasteiger partial charge >= 0.3 is 0 Å². The number of carbonyl (C=O) groups is 1. The third kappa shape index (κ3) is 3.76. The molecule has 1 saturated carbocycles. The van der Waals surface area contributed by atoms with Gasteiger partial charge in [0.25, 0.3) is 5.91 Å². The summed E-state index contributed by atoms with van der Waals surface area (Å²) in [6.45, 7) is 0. The van der Waals surface area contributed by atoms with Crippen molar-refractivity contribution in [3.05, 3.63) is 24.3 Å². The molecule has 2 aliphatic rings. The lowest BCUT2D eigenvalue weighted by atomic mass is 9.95. The lowest BCUT2D eigenvalue weighted by Crippen LogP contribution is -2.42. The van der Waals surface area contributed by atoms with E-state index in [4.69, 9.17) is 0 Å². The molecule has 1 amide bonds. The monoisotopic (exact) mass is 320 g/mol. The lowest BCUT2D eigenvalue weighted by molar-refractivity contribution is -0.131. The fourth-order valence-corrected chi connectivity index (χ4v) is 4.35. The number of aliphatic hydroxyl groups is 1. The van der Waals surface area contributed by atoms with Crippen LogP contribution >= 0.6 is 11.8 Å². The van der Waals surface area contributed by atoms with Gasteiger partial charge in [-0.1, -0.05) is 19.3 Å². The topological polar surface area (TPSA) is 61.4 Å². The molecule has 1 aliphatic heterocycles. The maximum atomic E-state index is 12.1. The number of hydrogen-bond acceptors (Lipinski definition) is 4. The van der Waals surface area contributed by atoms with E-state index >= 15 is 0 Å². The van der Waals surface area contributed by atoms with E-state index in [1.807, 2.05) is 24.3 Å². The van der Waals surface area contributed by atoms with Crippen LogP contribution in [0.5, 0.6) is 0 Å². The Hall–Kier alpha value is -1.20. The van der Waals surface area contributed by atoms with Crippen molar-refractivity contribution in [2.45, 2.75) is 50.2 Å². The quantitative estimate of drug-likeness (QED) is 0.797. The number of rotatable bonds is 4. The highest BCUT2D eigenvalue weighted by molar-refractivity contribution is 7.99. The fourth-order valence-electron chi connectivity index (χ4n) is 3.11. The molecule has 0 radical (unpaired) electrons. The predicted octanol–water partition coefficient (Wildman–Crippen LogP) is 3.24. The van der Waals surface area contributed by atoms with Crippen molar-refractivity contribution < 1.29 is 9.90 Å². The van der Waals surface area contributed by atoms with Crippen molar-refractivity contribution in [3.8, 4) is 0 Å². The van der Waals surface area contributed by atoms with Crippen molar-refractivity contribution in [1.82, 2.24) is 0 Å². The van der Waals surface area contributed by atoms with Gasteiger partial charge in [0, 0.05) is 23.2 Å². The number of anilines is 2. The zero-order chi connectivity index (χ0) is 15.4. The lowest BCUT2D eigenvalue weighted by Gasteiger charge is -2.24. The summed E-state index contributed by atoms with van der Waals surface area (Å²) < 4.78 is 0. The van der Waals surface area contributed by atoms with E-state index in [1.165, 1.54) is 32.1 Å². The summed E-state index contributed by atoms with van der Waals surface area (Å²) in [4.78, 5) is 12.1. The van der Waals surface area contributed by atoms with Gasteiger partial charge in [0.05, 0.1) is 0 Å². The zero-order valence-electron chi connectivity index (χ0n) is 12.8. The average Bonchev–Trinajstić information content (AvgIpc) is 2.98. The predicted molar refractivity (Wildman–Crippen MR) is 92.5 cm³/mol. The normalized spacial score (nSPS) is 25.9. The Balaban J connectivity index is 1.55. The van der Waals surface area contributed by atoms with Crippen molar-refractivity contribution in [2.24, 2.45) is 0 Å². The van der Waals surface area contributed by atoms with E-state index in [0.29, 0.717) is 18.2 Å². The summed E-state index contributed by atoms with van der Waals surface area (Å²) in [6.07, 6.45) is 6.98. The molecule has 4 nitrogen and oxygen atoms in total. The van der Waals surface area contributed by atoms with Crippen LogP contribution in [0.15, 0.2) is 24.3 Å². The first-order chi connectivity index (χ1) is 10.7. The number of carbonyl (C=O) groups excluding carboxylic acids is 1. The van der Waals surface area contributed by atoms with Gasteiger partial charge in [-0.2, -0.15) is 11.8 Å². The van der Waals surface area contributed by atoms with Gasteiger partial charge in [-0.15, -0.1) is 0 Å². The molecule has 1 heterocycles. The number of hydrogen-bond donors (Lipinski definition) is 3. The van der Waals surface area contributed by atoms with Crippen molar-refractivity contribution in [1.29, 1.82) is 0 Å². The van der Waals surface area contributed by atoms with Gasteiger partial charge in [0.1, 0.15) is 0 Å². The summed E-state index contributed by atoms with van der Waals surface area (Å²) in [5, 5.41) is 16.6. The summed E-state index contributed by atoms with van der Waals surface area (Å²) >= 11 is 1.62. The Bertz CT molecular complexity index is 506. The summed E-state index contributed by atoms with van der Waals surface area (Å²) in [6, 6.07) is 8.36. The molecule has 1 aromatic carbocycles. The van der Waals surface area contributed by atoms with Crippen LogP contribution in [-0.4, -0.2) is 34.2 Å². The minimum absolute atomic E-state index is 0.287. The van der Waals surface area contributed by atoms with E-state index in [1.54, 1.807) is 11.8 Å². The molecule has 5 heteroatoms. The van der Waals surface area contributed by atoms with Crippen molar-refractivity contribution in [2.75, 3.05) is 22.1 Å². The molecular weight excluding hydrogens is 296 g/mol. The highest BCUT2D eigenvalue weighted by Crippen LogP contribution is 2.29. The van der Waals surface area contributed by atoms with Gasteiger partial charge in [0.2, 0.25) is 0 Å². The van der Waals surface area contributed by atoms with Crippen molar-refractivity contribution >= 4 is 29.0 Å². The van der Waals surface area contributed by atoms with Crippen LogP contribution < -0.4 is 10.6 Å². The molecule has 0 aromatic heterocycles. The summed E-state index contributed by atoms with van der Waals surface area (Å²) in [5.74, 6) is 1.04. The Kier molecular flexibility index (Phi) is 4.93. The molecule has 1 aliphatic carbocycles. The maximum absolute atomic E-state index is 12.1. The molecule has 3 rings (SSSR count). The second kappa shape index (κ2) is 6.92. The molecule has 1 unspecified atom stereocenters. The van der Waals surface area contributed by atoms with E-state index in [0.717, 1.165) is 17.1 Å². The van der Waals surface area contributed by atoms with E-state index in [9.17, 15) is 9.90 Å². The van der Waals surface area contributed by atoms with Crippen LogP contribution in [0.1, 0.15) is 38.5 Å². The van der Waals surface area contributed by atoms with Crippen molar-refractivity contribution in [3.63, 3.8) is 0 Å². The molecule has 22 heavy (non-hydrogen) atoms. The number of benzene rings is 1. The van der Waals surface area contributed by atoms with E-state index in [2.05, 4.69) is 10.6 Å². The molecule has 1 atom stereocenters. The van der Waals surface area contributed by atoms with Crippen LogP contribution in [-0.2, 0) is 4.79 Å². The van der Waals surface area contributed by atoms with Crippen LogP contribution in [0.2, 0.25) is 0 Å². The molecule has 0 spiro atoms. The van der Waals surface area contributed by atoms with Crippen LogP contribution in [0.4, 0.5) is 11.4 Å². The molecule has 3 N–H and O–H groups in total. The largest absolute Gasteiger partial charge is 0.382 e. The highest BCUT2D eigenvalue weighted by Gasteiger charge is 2.39. The zero-order valence-corrected chi connectivity index (χ0v) is 13.6. The van der Waals surface area contributed by atoms with Crippen LogP contribution in [0.3, 0.4) is 0 Å². The molecule has 120 valence electrons. The molecule has 0 bridgehead atoms. The third-order valence-electron chi connectivity index (χ3n) is 4.54. The molecule has 2 fully saturated rings. The smallest absolute Gasteiger partial charge is 0.257 e. The van der Waals surface area contributed by atoms with Crippen LogP contribution in [0.25, 0.3) is 0 Å². The Morgan fingerprint density at radius 2 is 1.82 bits per heavy atom. The Labute approximate surface area is 136 Å². The molecular formula is C17H24N2O2S. The molecule has 1 saturated heterocycles. The minimum Gasteiger partial charge on any atom is -0.382 e. The third-order valence-corrected chi connectivity index (χ3v) is 5.72. The maximum Gasteiger partial charge on any atom is 0.257 e. The first kappa shape index (κ1) is 15.7. The second-order valence-electron chi connectivity index (χ2n) is 6.34. The van der Waals surface area contributed by atoms with Gasteiger partial charge in [-0.3, -0.25) is 4.79 Å². The Morgan fingerprint density at radius 3 is 2.45 bits per heavy atom. The first-order valence-electron chi connectivity index (χ1n) is 8.14. The SMILES string of the molecule is O=C(Nc1ccc(NC2CCCCC2)cc1)C1(O)CCSC1. The number of thioether (sulfide) groups is 1. The molecule has 1 aromatic rings. The van der Waals surface area contributed by atoms with Gasteiger partial charge in [-0.05, 0) is 49.3 Å². The minimum atomic E-state index is -1.20. The van der Waals surface area contributed by atoms with Gasteiger partial charge in [0.15, 0.2) is 5.60 Å². The van der Waals surface area contributed by atoms with E-state index in [-0.39, 0.29) is 5.91 Å². The van der Waals surface area contributed by atoms with Gasteiger partial charge < -0.3 is 15.7 Å². The van der Waals surface area contributed by atoms with E-state index < -0.39 is 5.60 Å². The van der Waals surface area contributed by atoms with Gasteiger partial charge in [-0.25, -0.2) is 0 Å². The number of amides is 1. The first-order valence-corrected chi connectivity index (χ1v) is 9.29. The van der Waals surface area contributed by atoms with Crippen LogP contribution in [0, 0.1) is 0 Å². The fraction of sp³-hybridized carbons (Fsp3) is 0.588. The standard InChI is InChI=1S/C17H24N2O2S/c20-16(17(21)10-11-22-12-17)19-15-8-6-14(7-9-15)18-13-4-2-1-3-5-13/h6-9,13,18,21H,1-5,10-12H2,(H,19,20). The summed E-state index contributed by atoms with van der Waals surface area (Å²) in [5.41, 5.74) is 0.633. The highest BCUT2D eigenvalue weighted by atomic mass is 32.2. The summed E-state index contributed by atoms with van der Waals surface area (Å²) in [7, 11) is 0.